The number of aromatic nitrogens is 3. The maximum absolute atomic E-state index is 13.0. The highest BCUT2D eigenvalue weighted by molar-refractivity contribution is 7.91. The predicted molar refractivity (Wildman–Crippen MR) is 119 cm³/mol. The Kier molecular flexibility index (Phi) is 5.50. The zero-order chi connectivity index (χ0) is 21.5. The second kappa shape index (κ2) is 7.96. The van der Waals surface area contributed by atoms with Crippen LogP contribution in [-0.2, 0) is 16.3 Å². The summed E-state index contributed by atoms with van der Waals surface area (Å²) in [4.78, 5) is 18.1. The van der Waals surface area contributed by atoms with Crippen molar-refractivity contribution in [2.24, 2.45) is 0 Å². The summed E-state index contributed by atoms with van der Waals surface area (Å²) in [6.45, 7) is 5.76. The molecule has 1 atom stereocenters. The number of aryl methyl sites for hydroxylation is 3. The maximum Gasteiger partial charge on any atom is 0.268 e. The lowest BCUT2D eigenvalue weighted by Crippen LogP contribution is -2.19. The smallest absolute Gasteiger partial charge is 0.268 e. The van der Waals surface area contributed by atoms with E-state index >= 15 is 0 Å². The van der Waals surface area contributed by atoms with Gasteiger partial charge in [0.25, 0.3) is 5.91 Å². The molecule has 3 aromatic rings. The number of rotatable bonds is 5. The largest absolute Gasteiger partial charge is 0.306 e. The lowest BCUT2D eigenvalue weighted by Gasteiger charge is -2.13. The number of anilines is 1. The van der Waals surface area contributed by atoms with Crippen molar-refractivity contribution in [1.29, 1.82) is 0 Å². The topological polar surface area (TPSA) is 93.9 Å². The maximum atomic E-state index is 13.0. The first-order valence-corrected chi connectivity index (χ1v) is 12.5. The summed E-state index contributed by atoms with van der Waals surface area (Å²) in [6, 6.07) is 9.71. The number of amides is 1. The number of hydrogen-bond acceptors (Lipinski definition) is 6. The van der Waals surface area contributed by atoms with Gasteiger partial charge in [-0.05, 0) is 32.3 Å². The highest BCUT2D eigenvalue weighted by atomic mass is 32.2. The molecule has 0 radical (unpaired) electrons. The second-order valence-corrected chi connectivity index (χ2v) is 10.8. The lowest BCUT2D eigenvalue weighted by molar-refractivity contribution is 0.102. The Bertz CT molecular complexity index is 1190. The Balaban J connectivity index is 1.57. The molecule has 1 saturated heterocycles. The van der Waals surface area contributed by atoms with Crippen molar-refractivity contribution in [3.63, 3.8) is 0 Å². The van der Waals surface area contributed by atoms with Crippen LogP contribution in [0, 0.1) is 13.8 Å². The summed E-state index contributed by atoms with van der Waals surface area (Å²) in [5, 5.41) is 8.13. The average molecular weight is 445 g/mol. The molecule has 1 N–H and O–H groups in total. The van der Waals surface area contributed by atoms with Crippen molar-refractivity contribution in [1.82, 2.24) is 14.8 Å². The number of carbonyl (C=O) groups is 1. The molecule has 1 aromatic carbocycles. The molecule has 2 aromatic heterocycles. The van der Waals surface area contributed by atoms with Gasteiger partial charge in [0.15, 0.2) is 9.84 Å². The molecular weight excluding hydrogens is 420 g/mol. The SMILES string of the molecule is CCc1ccc(-c2nc(C)c(C(=O)Nc3cc(C)nn3[C@H]3CCS(=O)(=O)C3)s2)cc1. The molecule has 0 unspecified atom stereocenters. The van der Waals surface area contributed by atoms with Gasteiger partial charge in [0.2, 0.25) is 0 Å². The van der Waals surface area contributed by atoms with Crippen LogP contribution >= 0.6 is 11.3 Å². The van der Waals surface area contributed by atoms with Crippen LogP contribution in [0.4, 0.5) is 5.82 Å². The molecule has 1 fully saturated rings. The summed E-state index contributed by atoms with van der Waals surface area (Å²) in [5.74, 6) is 0.455. The summed E-state index contributed by atoms with van der Waals surface area (Å²) in [7, 11) is -3.05. The van der Waals surface area contributed by atoms with E-state index in [0.29, 0.717) is 22.8 Å². The van der Waals surface area contributed by atoms with Crippen LogP contribution in [-0.4, -0.2) is 40.6 Å². The number of hydrogen-bond donors (Lipinski definition) is 1. The normalized spacial score (nSPS) is 17.9. The molecular formula is C21H24N4O3S2. The van der Waals surface area contributed by atoms with Gasteiger partial charge in [0.1, 0.15) is 15.7 Å². The highest BCUT2D eigenvalue weighted by Gasteiger charge is 2.31. The molecule has 0 aliphatic carbocycles. The van der Waals surface area contributed by atoms with E-state index in [4.69, 9.17) is 0 Å². The van der Waals surface area contributed by atoms with E-state index < -0.39 is 9.84 Å². The molecule has 9 heteroatoms. The van der Waals surface area contributed by atoms with E-state index in [1.807, 2.05) is 26.0 Å². The van der Waals surface area contributed by atoms with Gasteiger partial charge in [-0.25, -0.2) is 18.1 Å². The number of nitrogens with one attached hydrogen (secondary N) is 1. The Morgan fingerprint density at radius 1 is 1.27 bits per heavy atom. The first kappa shape index (κ1) is 20.7. The fraction of sp³-hybridized carbons (Fsp3) is 0.381. The first-order chi connectivity index (χ1) is 14.3. The minimum absolute atomic E-state index is 0.0501. The van der Waals surface area contributed by atoms with E-state index in [2.05, 4.69) is 34.5 Å². The third-order valence-corrected chi connectivity index (χ3v) is 8.22. The fourth-order valence-electron chi connectivity index (χ4n) is 3.64. The molecule has 7 nitrogen and oxygen atoms in total. The van der Waals surface area contributed by atoms with E-state index in [1.165, 1.54) is 16.9 Å². The lowest BCUT2D eigenvalue weighted by atomic mass is 10.1. The van der Waals surface area contributed by atoms with Crippen molar-refractivity contribution < 1.29 is 13.2 Å². The Labute approximate surface area is 180 Å². The van der Waals surface area contributed by atoms with Gasteiger partial charge in [-0.15, -0.1) is 11.3 Å². The van der Waals surface area contributed by atoms with Gasteiger partial charge in [0, 0.05) is 11.6 Å². The minimum Gasteiger partial charge on any atom is -0.306 e. The van der Waals surface area contributed by atoms with Crippen LogP contribution in [0.15, 0.2) is 30.3 Å². The van der Waals surface area contributed by atoms with Crippen molar-refractivity contribution in [2.45, 2.75) is 39.7 Å². The standard InChI is InChI=1S/C21H24N4O3S2/c1-4-15-5-7-16(8-6-15)21-22-14(3)19(29-21)20(26)23-18-11-13(2)24-25(18)17-9-10-30(27,28)12-17/h5-8,11,17H,4,9-10,12H2,1-3H3,(H,23,26)/t17-/m0/s1. The average Bonchev–Trinajstić information content (AvgIpc) is 3.38. The van der Waals surface area contributed by atoms with Gasteiger partial charge in [-0.3, -0.25) is 4.79 Å². The zero-order valence-electron chi connectivity index (χ0n) is 17.2. The number of thiazole rings is 1. The van der Waals surface area contributed by atoms with Gasteiger partial charge in [-0.2, -0.15) is 5.10 Å². The van der Waals surface area contributed by atoms with Crippen LogP contribution in [0.5, 0.6) is 0 Å². The van der Waals surface area contributed by atoms with E-state index in [0.717, 1.165) is 22.7 Å². The van der Waals surface area contributed by atoms with Crippen LogP contribution in [0.3, 0.4) is 0 Å². The van der Waals surface area contributed by atoms with Crippen LogP contribution in [0.25, 0.3) is 10.6 Å². The number of benzene rings is 1. The fourth-order valence-corrected chi connectivity index (χ4v) is 6.30. The summed E-state index contributed by atoms with van der Waals surface area (Å²) < 4.78 is 25.4. The zero-order valence-corrected chi connectivity index (χ0v) is 18.8. The molecule has 0 spiro atoms. The van der Waals surface area contributed by atoms with Gasteiger partial charge in [-0.1, -0.05) is 31.2 Å². The Morgan fingerprint density at radius 2 is 2.00 bits per heavy atom. The summed E-state index contributed by atoms with van der Waals surface area (Å²) in [6.07, 6.45) is 1.48. The molecule has 30 heavy (non-hydrogen) atoms. The number of nitrogens with zero attached hydrogens (tertiary/aromatic N) is 3. The third kappa shape index (κ3) is 4.17. The second-order valence-electron chi connectivity index (χ2n) is 7.61. The van der Waals surface area contributed by atoms with Gasteiger partial charge in [0.05, 0.1) is 28.9 Å². The summed E-state index contributed by atoms with van der Waals surface area (Å²) in [5.41, 5.74) is 3.63. The van der Waals surface area contributed by atoms with E-state index in [1.54, 1.807) is 10.7 Å². The Morgan fingerprint density at radius 3 is 2.63 bits per heavy atom. The molecule has 0 saturated carbocycles. The molecule has 4 rings (SSSR count). The first-order valence-electron chi connectivity index (χ1n) is 9.90. The minimum atomic E-state index is -3.05. The molecule has 1 amide bonds. The van der Waals surface area contributed by atoms with E-state index in [-0.39, 0.29) is 23.5 Å². The molecule has 0 bridgehead atoms. The third-order valence-electron chi connectivity index (χ3n) is 5.27. The van der Waals surface area contributed by atoms with Crippen molar-refractivity contribution in [3.05, 3.63) is 52.2 Å². The molecule has 1 aliphatic heterocycles. The van der Waals surface area contributed by atoms with Crippen LogP contribution in [0.2, 0.25) is 0 Å². The molecule has 158 valence electrons. The summed E-state index contributed by atoms with van der Waals surface area (Å²) >= 11 is 1.35. The molecule has 1 aliphatic rings. The highest BCUT2D eigenvalue weighted by Crippen LogP contribution is 2.30. The molecule has 3 heterocycles. The van der Waals surface area contributed by atoms with Crippen LogP contribution in [0.1, 0.15) is 46.0 Å². The monoisotopic (exact) mass is 444 g/mol. The van der Waals surface area contributed by atoms with Gasteiger partial charge < -0.3 is 5.32 Å². The predicted octanol–water partition coefficient (Wildman–Crippen LogP) is 3.80. The van der Waals surface area contributed by atoms with Crippen molar-refractivity contribution in [2.75, 3.05) is 16.8 Å². The van der Waals surface area contributed by atoms with Crippen molar-refractivity contribution >= 4 is 32.9 Å². The number of sulfone groups is 1. The quantitative estimate of drug-likeness (QED) is 0.646. The Hall–Kier alpha value is -2.52. The van der Waals surface area contributed by atoms with E-state index in [9.17, 15) is 13.2 Å². The number of carbonyl (C=O) groups excluding carboxylic acids is 1. The van der Waals surface area contributed by atoms with Crippen molar-refractivity contribution in [3.8, 4) is 10.6 Å². The van der Waals surface area contributed by atoms with Crippen LogP contribution < -0.4 is 5.32 Å². The van der Waals surface area contributed by atoms with Gasteiger partial charge >= 0.3 is 0 Å².